The Balaban J connectivity index is 1.94. The lowest BCUT2D eigenvalue weighted by Crippen LogP contribution is -2.29. The molecule has 0 saturated carbocycles. The van der Waals surface area contributed by atoms with E-state index in [9.17, 15) is 14.9 Å². The molecule has 5 nitrogen and oxygen atoms in total. The van der Waals surface area contributed by atoms with E-state index in [2.05, 4.69) is 21.2 Å². The zero-order chi connectivity index (χ0) is 18.5. The second kappa shape index (κ2) is 7.93. The first-order valence-electron chi connectivity index (χ1n) is 7.91. The van der Waals surface area contributed by atoms with Crippen molar-refractivity contribution in [1.29, 1.82) is 0 Å². The van der Waals surface area contributed by atoms with Gasteiger partial charge in [-0.3, -0.25) is 14.9 Å². The van der Waals surface area contributed by atoms with Crippen molar-refractivity contribution in [2.45, 2.75) is 6.04 Å². The molecule has 6 heteroatoms. The highest BCUT2D eigenvalue weighted by Crippen LogP contribution is 2.27. The van der Waals surface area contributed by atoms with Gasteiger partial charge in [0.2, 0.25) is 0 Å². The van der Waals surface area contributed by atoms with Crippen LogP contribution >= 0.6 is 15.9 Å². The first kappa shape index (κ1) is 17.8. The van der Waals surface area contributed by atoms with E-state index in [4.69, 9.17) is 0 Å². The number of nitrogens with one attached hydrogen (secondary N) is 1. The summed E-state index contributed by atoms with van der Waals surface area (Å²) in [5.74, 6) is -0.377. The normalized spacial score (nSPS) is 10.5. The number of hydrogen-bond donors (Lipinski definition) is 1. The van der Waals surface area contributed by atoms with Crippen LogP contribution in [0.3, 0.4) is 0 Å². The van der Waals surface area contributed by atoms with Gasteiger partial charge in [-0.25, -0.2) is 0 Å². The molecule has 3 rings (SSSR count). The maximum absolute atomic E-state index is 12.7. The molecule has 0 aliphatic rings. The van der Waals surface area contributed by atoms with Crippen molar-refractivity contribution >= 4 is 27.5 Å². The number of carbonyl (C=O) groups is 1. The van der Waals surface area contributed by atoms with Crippen molar-refractivity contribution in [3.63, 3.8) is 0 Å². The number of hydrogen-bond acceptors (Lipinski definition) is 3. The Kier molecular flexibility index (Phi) is 5.43. The zero-order valence-corrected chi connectivity index (χ0v) is 15.2. The first-order valence-corrected chi connectivity index (χ1v) is 8.70. The number of carbonyl (C=O) groups excluding carboxylic acids is 1. The summed E-state index contributed by atoms with van der Waals surface area (Å²) in [6.45, 7) is 0. The van der Waals surface area contributed by atoms with Crippen LogP contribution < -0.4 is 5.32 Å². The molecule has 0 aromatic heterocycles. The molecule has 0 atom stereocenters. The Morgan fingerprint density at radius 3 is 1.96 bits per heavy atom. The van der Waals surface area contributed by atoms with Gasteiger partial charge < -0.3 is 5.32 Å². The predicted molar refractivity (Wildman–Crippen MR) is 103 cm³/mol. The summed E-state index contributed by atoms with van der Waals surface area (Å²) < 4.78 is 0.335. The Hall–Kier alpha value is -2.99. The van der Waals surface area contributed by atoms with E-state index in [1.54, 1.807) is 6.07 Å². The number of amides is 1. The lowest BCUT2D eigenvalue weighted by atomic mass is 9.98. The fourth-order valence-corrected chi connectivity index (χ4v) is 3.05. The zero-order valence-electron chi connectivity index (χ0n) is 13.6. The average Bonchev–Trinajstić information content (AvgIpc) is 2.67. The molecule has 0 fully saturated rings. The molecule has 0 bridgehead atoms. The highest BCUT2D eigenvalue weighted by Gasteiger charge is 2.20. The lowest BCUT2D eigenvalue weighted by molar-refractivity contribution is -0.385. The van der Waals surface area contributed by atoms with Crippen molar-refractivity contribution in [2.75, 3.05) is 0 Å². The summed E-state index contributed by atoms with van der Waals surface area (Å²) in [4.78, 5) is 23.3. The topological polar surface area (TPSA) is 72.2 Å². The molecule has 0 spiro atoms. The van der Waals surface area contributed by atoms with E-state index in [1.807, 2.05) is 60.7 Å². The molecule has 0 saturated heterocycles. The average molecular weight is 411 g/mol. The monoisotopic (exact) mass is 410 g/mol. The van der Waals surface area contributed by atoms with E-state index in [0.717, 1.165) is 11.1 Å². The molecule has 0 aliphatic carbocycles. The molecule has 1 N–H and O–H groups in total. The van der Waals surface area contributed by atoms with Crippen molar-refractivity contribution in [3.8, 4) is 0 Å². The maximum atomic E-state index is 12.7. The van der Waals surface area contributed by atoms with Gasteiger partial charge in [0.05, 0.1) is 15.4 Å². The van der Waals surface area contributed by atoms with Crippen molar-refractivity contribution < 1.29 is 9.72 Å². The Labute approximate surface area is 159 Å². The number of rotatable bonds is 5. The second-order valence-corrected chi connectivity index (χ2v) is 6.51. The fraction of sp³-hybridized carbons (Fsp3) is 0.0500. The van der Waals surface area contributed by atoms with Crippen LogP contribution in [0.25, 0.3) is 0 Å². The van der Waals surface area contributed by atoms with Gasteiger partial charge in [-0.15, -0.1) is 0 Å². The standard InChI is InChI=1S/C20H15BrN2O3/c21-17-12-11-16(13-18(17)23(25)26)20(24)22-19(14-7-3-1-4-8-14)15-9-5-2-6-10-15/h1-13,19H,(H,22,24). The predicted octanol–water partition coefficient (Wildman–Crippen LogP) is 4.88. The molecule has 26 heavy (non-hydrogen) atoms. The highest BCUT2D eigenvalue weighted by atomic mass is 79.9. The Morgan fingerprint density at radius 1 is 0.923 bits per heavy atom. The van der Waals surface area contributed by atoms with Crippen LogP contribution in [-0.2, 0) is 0 Å². The van der Waals surface area contributed by atoms with E-state index in [0.29, 0.717) is 4.47 Å². The highest BCUT2D eigenvalue weighted by molar-refractivity contribution is 9.10. The smallest absolute Gasteiger partial charge is 0.284 e. The van der Waals surface area contributed by atoms with Gasteiger partial charge in [0.15, 0.2) is 0 Å². The number of benzene rings is 3. The molecular weight excluding hydrogens is 396 g/mol. The first-order chi connectivity index (χ1) is 12.6. The van der Waals surface area contributed by atoms with E-state index in [-0.39, 0.29) is 23.2 Å². The van der Waals surface area contributed by atoms with Crippen LogP contribution in [0, 0.1) is 10.1 Å². The summed E-state index contributed by atoms with van der Waals surface area (Å²) in [5, 5.41) is 14.1. The van der Waals surface area contributed by atoms with Crippen molar-refractivity contribution in [1.82, 2.24) is 5.32 Å². The summed E-state index contributed by atoms with van der Waals surface area (Å²) in [5.41, 5.74) is 1.95. The largest absolute Gasteiger partial charge is 0.341 e. The van der Waals surface area contributed by atoms with Gasteiger partial charge in [-0.05, 0) is 39.2 Å². The van der Waals surface area contributed by atoms with Crippen LogP contribution in [-0.4, -0.2) is 10.8 Å². The molecule has 3 aromatic rings. The summed E-state index contributed by atoms with van der Waals surface area (Å²) >= 11 is 3.13. The van der Waals surface area contributed by atoms with E-state index >= 15 is 0 Å². The number of nitro groups is 1. The van der Waals surface area contributed by atoms with Gasteiger partial charge in [0.25, 0.3) is 11.6 Å². The molecule has 0 heterocycles. The molecule has 0 aliphatic heterocycles. The number of nitro benzene ring substituents is 1. The Morgan fingerprint density at radius 2 is 1.46 bits per heavy atom. The summed E-state index contributed by atoms with van der Waals surface area (Å²) in [6.07, 6.45) is 0. The van der Waals surface area contributed by atoms with Crippen molar-refractivity contribution in [2.24, 2.45) is 0 Å². The molecule has 3 aromatic carbocycles. The minimum atomic E-state index is -0.521. The minimum Gasteiger partial charge on any atom is -0.341 e. The second-order valence-electron chi connectivity index (χ2n) is 5.65. The molecule has 1 amide bonds. The van der Waals surface area contributed by atoms with Gasteiger partial charge in [-0.1, -0.05) is 60.7 Å². The fourth-order valence-electron chi connectivity index (χ4n) is 2.66. The molecule has 0 unspecified atom stereocenters. The van der Waals surface area contributed by atoms with Crippen LogP contribution in [0.15, 0.2) is 83.3 Å². The third-order valence-corrected chi connectivity index (χ3v) is 4.62. The van der Waals surface area contributed by atoms with Crippen LogP contribution in [0.2, 0.25) is 0 Å². The van der Waals surface area contributed by atoms with Gasteiger partial charge in [0, 0.05) is 11.6 Å². The molecule has 130 valence electrons. The Bertz CT molecular complexity index is 891. The van der Waals surface area contributed by atoms with Gasteiger partial charge in [-0.2, -0.15) is 0 Å². The lowest BCUT2D eigenvalue weighted by Gasteiger charge is -2.20. The quantitative estimate of drug-likeness (QED) is 0.481. The summed E-state index contributed by atoms with van der Waals surface area (Å²) in [7, 11) is 0. The van der Waals surface area contributed by atoms with Crippen LogP contribution in [0.1, 0.15) is 27.5 Å². The molecular formula is C20H15BrN2O3. The SMILES string of the molecule is O=C(NC(c1ccccc1)c1ccccc1)c1ccc(Br)c([N+](=O)[O-])c1. The third-order valence-electron chi connectivity index (χ3n) is 3.95. The van der Waals surface area contributed by atoms with E-state index in [1.165, 1.54) is 12.1 Å². The third kappa shape index (κ3) is 3.97. The van der Waals surface area contributed by atoms with Gasteiger partial charge >= 0.3 is 0 Å². The van der Waals surface area contributed by atoms with Crippen LogP contribution in [0.4, 0.5) is 5.69 Å². The minimum absolute atomic E-state index is 0.145. The van der Waals surface area contributed by atoms with Gasteiger partial charge in [0.1, 0.15) is 0 Å². The number of nitrogens with zero attached hydrogens (tertiary/aromatic N) is 1. The number of halogens is 1. The van der Waals surface area contributed by atoms with E-state index < -0.39 is 4.92 Å². The summed E-state index contributed by atoms with van der Waals surface area (Å²) in [6, 6.07) is 23.1. The van der Waals surface area contributed by atoms with Crippen LogP contribution in [0.5, 0.6) is 0 Å². The molecule has 0 radical (unpaired) electrons. The maximum Gasteiger partial charge on any atom is 0.284 e. The van der Waals surface area contributed by atoms with Crippen molar-refractivity contribution in [3.05, 3.63) is 110 Å².